The van der Waals surface area contributed by atoms with Gasteiger partial charge in [-0.3, -0.25) is 9.48 Å². The highest BCUT2D eigenvalue weighted by Gasteiger charge is 2.22. The number of hydrogen-bond acceptors (Lipinski definition) is 8. The maximum Gasteiger partial charge on any atom is 0.269 e. The van der Waals surface area contributed by atoms with Gasteiger partial charge in [0.05, 0.1) is 36.3 Å². The van der Waals surface area contributed by atoms with Crippen molar-refractivity contribution in [1.82, 2.24) is 30.0 Å². The van der Waals surface area contributed by atoms with Crippen LogP contribution in [0.15, 0.2) is 48.8 Å². The van der Waals surface area contributed by atoms with Crippen molar-refractivity contribution in [2.45, 2.75) is 19.4 Å². The number of ether oxygens (including phenoxy) is 1. The third kappa shape index (κ3) is 4.85. The molecule has 10 nitrogen and oxygen atoms in total. The molecule has 36 heavy (non-hydrogen) atoms. The number of carbonyl (C=O) groups is 1. The second kappa shape index (κ2) is 9.54. The number of amides is 1. The first-order valence-electron chi connectivity index (χ1n) is 12.3. The number of benzene rings is 1. The van der Waals surface area contributed by atoms with Crippen LogP contribution in [0.25, 0.3) is 22.2 Å². The fourth-order valence-electron chi connectivity index (χ4n) is 4.32. The van der Waals surface area contributed by atoms with Gasteiger partial charge >= 0.3 is 0 Å². The van der Waals surface area contributed by atoms with Gasteiger partial charge in [0.1, 0.15) is 11.5 Å². The van der Waals surface area contributed by atoms with Crippen molar-refractivity contribution >= 4 is 34.3 Å². The van der Waals surface area contributed by atoms with E-state index in [2.05, 4.69) is 49.6 Å². The normalized spacial score (nSPS) is 15.8. The van der Waals surface area contributed by atoms with Gasteiger partial charge in [-0.25, -0.2) is 9.97 Å². The molecule has 184 valence electrons. The van der Waals surface area contributed by atoms with E-state index in [0.717, 1.165) is 53.4 Å². The molecule has 2 aliphatic rings. The molecule has 1 aromatic carbocycles. The number of nitrogens with zero attached hydrogens (tertiary/aromatic N) is 6. The molecule has 1 saturated carbocycles. The summed E-state index contributed by atoms with van der Waals surface area (Å²) in [4.78, 5) is 27.9. The minimum atomic E-state index is -0.226. The van der Waals surface area contributed by atoms with E-state index < -0.39 is 0 Å². The van der Waals surface area contributed by atoms with Crippen LogP contribution >= 0.6 is 0 Å². The molecule has 10 heteroatoms. The van der Waals surface area contributed by atoms with Crippen molar-refractivity contribution in [3.05, 3.63) is 54.5 Å². The summed E-state index contributed by atoms with van der Waals surface area (Å²) in [5.41, 5.74) is 3.90. The molecule has 6 rings (SSSR count). The molecular formula is C26H28N8O2. The van der Waals surface area contributed by atoms with Crippen molar-refractivity contribution in [3.63, 3.8) is 0 Å². The summed E-state index contributed by atoms with van der Waals surface area (Å²) in [6.07, 6.45) is 6.35. The Bertz CT molecular complexity index is 1390. The van der Waals surface area contributed by atoms with Gasteiger partial charge in [0, 0.05) is 49.9 Å². The van der Waals surface area contributed by atoms with Gasteiger partial charge < -0.3 is 20.3 Å². The standard InChI is InChI=1S/C26H28N8O2/c1-27-25(35)22-7-5-20(14-28-22)29-24-13-23(30-26(31-24)33-8-10-36-11-9-33)18-4-6-21-19(12-18)16-34(32-21)15-17-2-3-17/h4-7,12-14,16-17H,2-3,8-11,15H2,1H3,(H,27,35)(H,29,30,31). The first-order valence-corrected chi connectivity index (χ1v) is 12.3. The van der Waals surface area contributed by atoms with E-state index in [1.54, 1.807) is 19.3 Å². The zero-order valence-corrected chi connectivity index (χ0v) is 20.1. The quantitative estimate of drug-likeness (QED) is 0.411. The van der Waals surface area contributed by atoms with Crippen LogP contribution in [0.4, 0.5) is 17.5 Å². The van der Waals surface area contributed by atoms with E-state index >= 15 is 0 Å². The molecule has 0 spiro atoms. The van der Waals surface area contributed by atoms with E-state index in [1.165, 1.54) is 12.8 Å². The second-order valence-corrected chi connectivity index (χ2v) is 9.24. The molecule has 4 aromatic rings. The number of nitrogens with one attached hydrogen (secondary N) is 2. The van der Waals surface area contributed by atoms with Crippen molar-refractivity contribution in [1.29, 1.82) is 0 Å². The molecule has 1 aliphatic carbocycles. The summed E-state index contributed by atoms with van der Waals surface area (Å²) < 4.78 is 7.58. The largest absolute Gasteiger partial charge is 0.378 e. The van der Waals surface area contributed by atoms with Crippen LogP contribution in [-0.2, 0) is 11.3 Å². The Morgan fingerprint density at radius 1 is 1.11 bits per heavy atom. The third-order valence-electron chi connectivity index (χ3n) is 6.49. The van der Waals surface area contributed by atoms with Crippen LogP contribution in [-0.4, -0.2) is 64.0 Å². The average molecular weight is 485 g/mol. The molecule has 2 fully saturated rings. The lowest BCUT2D eigenvalue weighted by Gasteiger charge is -2.27. The summed E-state index contributed by atoms with van der Waals surface area (Å²) in [6, 6.07) is 11.7. The molecule has 1 aliphatic heterocycles. The van der Waals surface area contributed by atoms with E-state index in [1.807, 2.05) is 12.1 Å². The lowest BCUT2D eigenvalue weighted by Crippen LogP contribution is -2.37. The van der Waals surface area contributed by atoms with Crippen LogP contribution in [0.2, 0.25) is 0 Å². The Labute approximate surface area is 208 Å². The van der Waals surface area contributed by atoms with Gasteiger partial charge in [0.25, 0.3) is 5.91 Å². The minimum Gasteiger partial charge on any atom is -0.378 e. The van der Waals surface area contributed by atoms with E-state index in [4.69, 9.17) is 19.8 Å². The Morgan fingerprint density at radius 3 is 2.72 bits per heavy atom. The number of fused-ring (bicyclic) bond motifs is 1. The van der Waals surface area contributed by atoms with Crippen molar-refractivity contribution in [2.24, 2.45) is 5.92 Å². The molecular weight excluding hydrogens is 456 g/mol. The van der Waals surface area contributed by atoms with E-state index in [9.17, 15) is 4.79 Å². The fourth-order valence-corrected chi connectivity index (χ4v) is 4.32. The zero-order valence-electron chi connectivity index (χ0n) is 20.1. The Kier molecular flexibility index (Phi) is 5.94. The van der Waals surface area contributed by atoms with Crippen LogP contribution in [0.3, 0.4) is 0 Å². The predicted molar refractivity (Wildman–Crippen MR) is 137 cm³/mol. The lowest BCUT2D eigenvalue weighted by atomic mass is 10.1. The monoisotopic (exact) mass is 484 g/mol. The molecule has 2 N–H and O–H groups in total. The third-order valence-corrected chi connectivity index (χ3v) is 6.49. The summed E-state index contributed by atoms with van der Waals surface area (Å²) in [6.45, 7) is 3.75. The number of carbonyl (C=O) groups excluding carboxylic acids is 1. The first kappa shape index (κ1) is 22.4. The summed E-state index contributed by atoms with van der Waals surface area (Å²) in [5.74, 6) is 1.85. The molecule has 1 amide bonds. The van der Waals surface area contributed by atoms with Crippen LogP contribution < -0.4 is 15.5 Å². The van der Waals surface area contributed by atoms with Gasteiger partial charge in [-0.05, 0) is 43.0 Å². The van der Waals surface area contributed by atoms with Crippen molar-refractivity contribution < 1.29 is 9.53 Å². The Balaban J connectivity index is 1.33. The van der Waals surface area contributed by atoms with Crippen LogP contribution in [0.5, 0.6) is 0 Å². The number of morpholine rings is 1. The number of rotatable bonds is 7. The molecule has 3 aromatic heterocycles. The predicted octanol–water partition coefficient (Wildman–Crippen LogP) is 3.24. The smallest absolute Gasteiger partial charge is 0.269 e. The summed E-state index contributed by atoms with van der Waals surface area (Å²) in [7, 11) is 1.58. The lowest BCUT2D eigenvalue weighted by molar-refractivity contribution is 0.0958. The number of anilines is 3. The maximum atomic E-state index is 11.8. The molecule has 4 heterocycles. The van der Waals surface area contributed by atoms with Gasteiger partial charge in [0.2, 0.25) is 5.95 Å². The van der Waals surface area contributed by atoms with E-state index in [-0.39, 0.29) is 5.91 Å². The van der Waals surface area contributed by atoms with Gasteiger partial charge in [-0.15, -0.1) is 0 Å². The SMILES string of the molecule is CNC(=O)c1ccc(Nc2cc(-c3ccc4nn(CC5CC5)cc4c3)nc(N3CCOCC3)n2)cn1. The number of aromatic nitrogens is 5. The zero-order chi connectivity index (χ0) is 24.5. The van der Waals surface area contributed by atoms with Gasteiger partial charge in [-0.1, -0.05) is 6.07 Å². The molecule has 0 radical (unpaired) electrons. The van der Waals surface area contributed by atoms with Crippen molar-refractivity contribution in [3.8, 4) is 11.3 Å². The highest BCUT2D eigenvalue weighted by Crippen LogP contribution is 2.32. The summed E-state index contributed by atoms with van der Waals surface area (Å²) >= 11 is 0. The number of hydrogen-bond donors (Lipinski definition) is 2. The van der Waals surface area contributed by atoms with Crippen molar-refractivity contribution in [2.75, 3.05) is 43.6 Å². The molecule has 0 bridgehead atoms. The van der Waals surface area contributed by atoms with Crippen LogP contribution in [0.1, 0.15) is 23.3 Å². The summed E-state index contributed by atoms with van der Waals surface area (Å²) in [5, 5.41) is 11.7. The highest BCUT2D eigenvalue weighted by atomic mass is 16.5. The fraction of sp³-hybridized carbons (Fsp3) is 0.346. The van der Waals surface area contributed by atoms with Crippen LogP contribution in [0, 0.1) is 5.92 Å². The maximum absolute atomic E-state index is 11.8. The highest BCUT2D eigenvalue weighted by molar-refractivity contribution is 5.92. The number of pyridine rings is 1. The molecule has 1 saturated heterocycles. The first-order chi connectivity index (χ1) is 17.6. The van der Waals surface area contributed by atoms with Gasteiger partial charge in [0.15, 0.2) is 0 Å². The average Bonchev–Trinajstić information content (AvgIpc) is 3.64. The van der Waals surface area contributed by atoms with Gasteiger partial charge in [-0.2, -0.15) is 10.1 Å². The minimum absolute atomic E-state index is 0.226. The molecule has 0 unspecified atom stereocenters. The molecule has 0 atom stereocenters. The topological polar surface area (TPSA) is 110 Å². The Morgan fingerprint density at radius 2 is 1.97 bits per heavy atom. The van der Waals surface area contributed by atoms with E-state index in [0.29, 0.717) is 30.7 Å². The Hall–Kier alpha value is -4.05. The second-order valence-electron chi connectivity index (χ2n) is 9.24.